The highest BCUT2D eigenvalue weighted by Gasteiger charge is 2.23. The van der Waals surface area contributed by atoms with Crippen LogP contribution in [0.2, 0.25) is 0 Å². The molecule has 2 aliphatic rings. The van der Waals surface area contributed by atoms with Gasteiger partial charge >= 0.3 is 0 Å². The zero-order valence-electron chi connectivity index (χ0n) is 11.0. The van der Waals surface area contributed by atoms with Gasteiger partial charge in [-0.3, -0.25) is 0 Å². The first-order chi connectivity index (χ1) is 8.38. The van der Waals surface area contributed by atoms with E-state index in [2.05, 4.69) is 10.2 Å². The van der Waals surface area contributed by atoms with Gasteiger partial charge in [-0.05, 0) is 76.5 Å². The molecule has 2 N–H and O–H groups in total. The van der Waals surface area contributed by atoms with Crippen LogP contribution in [0.15, 0.2) is 0 Å². The first-order valence-electron chi connectivity index (χ1n) is 7.42. The second kappa shape index (κ2) is 7.34. The van der Waals surface area contributed by atoms with E-state index in [1.54, 1.807) is 0 Å². The van der Waals surface area contributed by atoms with E-state index >= 15 is 0 Å². The molecule has 2 rings (SSSR count). The number of piperidine rings is 2. The van der Waals surface area contributed by atoms with Crippen molar-refractivity contribution in [2.24, 2.45) is 11.8 Å². The van der Waals surface area contributed by atoms with Crippen molar-refractivity contribution in [1.29, 1.82) is 0 Å². The molecule has 0 aliphatic carbocycles. The predicted molar refractivity (Wildman–Crippen MR) is 71.1 cm³/mol. The average molecular weight is 240 g/mol. The fraction of sp³-hybridized carbons (Fsp3) is 1.00. The minimum absolute atomic E-state index is 0.342. The number of nitrogens with one attached hydrogen (secondary N) is 1. The lowest BCUT2D eigenvalue weighted by molar-refractivity contribution is 0.149. The molecule has 0 radical (unpaired) electrons. The topological polar surface area (TPSA) is 35.5 Å². The molecule has 2 saturated heterocycles. The molecule has 0 unspecified atom stereocenters. The molecule has 2 aliphatic heterocycles. The van der Waals surface area contributed by atoms with Gasteiger partial charge in [0.25, 0.3) is 0 Å². The Morgan fingerprint density at radius 3 is 2.29 bits per heavy atom. The summed E-state index contributed by atoms with van der Waals surface area (Å²) in [4.78, 5) is 2.52. The molecule has 2 heterocycles. The molecule has 0 aromatic carbocycles. The van der Waals surface area contributed by atoms with E-state index in [1.165, 1.54) is 58.3 Å². The van der Waals surface area contributed by atoms with Crippen LogP contribution in [-0.4, -0.2) is 49.3 Å². The Kier molecular flexibility index (Phi) is 5.75. The molecule has 0 bridgehead atoms. The van der Waals surface area contributed by atoms with Gasteiger partial charge < -0.3 is 15.3 Å². The van der Waals surface area contributed by atoms with E-state index in [9.17, 15) is 0 Å². The summed E-state index contributed by atoms with van der Waals surface area (Å²) in [7, 11) is 0. The van der Waals surface area contributed by atoms with Crippen molar-refractivity contribution in [1.82, 2.24) is 10.2 Å². The standard InChI is InChI=1S/C14H28N2O/c17-11-1-8-16-9-4-14(5-10-16)12-13-2-6-15-7-3-13/h13-15,17H,1-12H2. The summed E-state index contributed by atoms with van der Waals surface area (Å²) in [6, 6.07) is 0. The van der Waals surface area contributed by atoms with Crippen LogP contribution in [0.25, 0.3) is 0 Å². The highest BCUT2D eigenvalue weighted by molar-refractivity contribution is 4.77. The Morgan fingerprint density at radius 1 is 1.00 bits per heavy atom. The van der Waals surface area contributed by atoms with Gasteiger partial charge in [-0.1, -0.05) is 0 Å². The van der Waals surface area contributed by atoms with Gasteiger partial charge in [-0.25, -0.2) is 0 Å². The molecule has 0 spiro atoms. The van der Waals surface area contributed by atoms with E-state index in [4.69, 9.17) is 5.11 Å². The number of likely N-dealkylation sites (tertiary alicyclic amines) is 1. The Labute approximate surface area is 106 Å². The molecule has 100 valence electrons. The summed E-state index contributed by atoms with van der Waals surface area (Å²) in [6.45, 7) is 6.43. The van der Waals surface area contributed by atoms with Gasteiger partial charge in [0.15, 0.2) is 0 Å². The van der Waals surface area contributed by atoms with Crippen LogP contribution in [0, 0.1) is 11.8 Å². The minimum Gasteiger partial charge on any atom is -0.396 e. The molecule has 0 saturated carbocycles. The molecular weight excluding hydrogens is 212 g/mol. The molecule has 17 heavy (non-hydrogen) atoms. The van der Waals surface area contributed by atoms with Gasteiger partial charge in [-0.2, -0.15) is 0 Å². The second-order valence-corrected chi connectivity index (χ2v) is 5.79. The lowest BCUT2D eigenvalue weighted by Crippen LogP contribution is -2.36. The van der Waals surface area contributed by atoms with Crippen molar-refractivity contribution >= 4 is 0 Å². The van der Waals surface area contributed by atoms with Gasteiger partial charge in [0.1, 0.15) is 0 Å². The normalized spacial score (nSPS) is 25.2. The van der Waals surface area contributed by atoms with Gasteiger partial charge in [0, 0.05) is 13.2 Å². The third-order valence-electron chi connectivity index (χ3n) is 4.46. The smallest absolute Gasteiger partial charge is 0.0443 e. The zero-order chi connectivity index (χ0) is 11.9. The lowest BCUT2D eigenvalue weighted by Gasteiger charge is -2.34. The zero-order valence-corrected chi connectivity index (χ0v) is 11.0. The number of aliphatic hydroxyl groups excluding tert-OH is 1. The van der Waals surface area contributed by atoms with Crippen molar-refractivity contribution in [2.45, 2.75) is 38.5 Å². The average Bonchev–Trinajstić information content (AvgIpc) is 2.39. The van der Waals surface area contributed by atoms with Crippen LogP contribution in [0.4, 0.5) is 0 Å². The number of aliphatic hydroxyl groups is 1. The number of hydrogen-bond acceptors (Lipinski definition) is 3. The van der Waals surface area contributed by atoms with Crippen molar-refractivity contribution in [3.8, 4) is 0 Å². The first kappa shape index (κ1) is 13.3. The van der Waals surface area contributed by atoms with Crippen molar-refractivity contribution < 1.29 is 5.11 Å². The third-order valence-corrected chi connectivity index (χ3v) is 4.46. The van der Waals surface area contributed by atoms with Crippen molar-refractivity contribution in [3.63, 3.8) is 0 Å². The van der Waals surface area contributed by atoms with E-state index < -0.39 is 0 Å². The van der Waals surface area contributed by atoms with E-state index in [1.807, 2.05) is 0 Å². The lowest BCUT2D eigenvalue weighted by atomic mass is 9.83. The maximum Gasteiger partial charge on any atom is 0.0443 e. The maximum absolute atomic E-state index is 8.83. The first-order valence-corrected chi connectivity index (χ1v) is 7.42. The third kappa shape index (κ3) is 4.57. The monoisotopic (exact) mass is 240 g/mol. The van der Waals surface area contributed by atoms with Crippen LogP contribution in [0.3, 0.4) is 0 Å². The van der Waals surface area contributed by atoms with Crippen LogP contribution in [-0.2, 0) is 0 Å². The molecular formula is C14H28N2O. The quantitative estimate of drug-likeness (QED) is 0.764. The fourth-order valence-electron chi connectivity index (χ4n) is 3.33. The SMILES string of the molecule is OCCCN1CCC(CC2CCNCC2)CC1. The largest absolute Gasteiger partial charge is 0.396 e. The Hall–Kier alpha value is -0.120. The highest BCUT2D eigenvalue weighted by Crippen LogP contribution is 2.28. The minimum atomic E-state index is 0.342. The molecule has 0 aromatic heterocycles. The Bertz CT molecular complexity index is 196. The van der Waals surface area contributed by atoms with Crippen molar-refractivity contribution in [2.75, 3.05) is 39.3 Å². The van der Waals surface area contributed by atoms with E-state index in [0.717, 1.165) is 24.8 Å². The van der Waals surface area contributed by atoms with Gasteiger partial charge in [0.2, 0.25) is 0 Å². The Morgan fingerprint density at radius 2 is 1.65 bits per heavy atom. The molecule has 0 amide bonds. The van der Waals surface area contributed by atoms with Crippen LogP contribution in [0.1, 0.15) is 38.5 Å². The number of rotatable bonds is 5. The summed E-state index contributed by atoms with van der Waals surface area (Å²) in [5.74, 6) is 1.97. The number of hydrogen-bond donors (Lipinski definition) is 2. The molecule has 0 aromatic rings. The molecule has 3 nitrogen and oxygen atoms in total. The second-order valence-electron chi connectivity index (χ2n) is 5.79. The predicted octanol–water partition coefficient (Wildman–Crippen LogP) is 1.47. The number of nitrogens with zero attached hydrogens (tertiary/aromatic N) is 1. The molecule has 2 fully saturated rings. The summed E-state index contributed by atoms with van der Waals surface area (Å²) in [5, 5.41) is 12.3. The molecule has 3 heteroatoms. The van der Waals surface area contributed by atoms with Crippen LogP contribution < -0.4 is 5.32 Å². The summed E-state index contributed by atoms with van der Waals surface area (Å²) in [6.07, 6.45) is 7.97. The van der Waals surface area contributed by atoms with Gasteiger partial charge in [0.05, 0.1) is 0 Å². The van der Waals surface area contributed by atoms with Gasteiger partial charge in [-0.15, -0.1) is 0 Å². The Balaban J connectivity index is 1.61. The summed E-state index contributed by atoms with van der Waals surface area (Å²) in [5.41, 5.74) is 0. The highest BCUT2D eigenvalue weighted by atomic mass is 16.3. The van der Waals surface area contributed by atoms with Crippen LogP contribution >= 0.6 is 0 Å². The van der Waals surface area contributed by atoms with E-state index in [0.29, 0.717) is 6.61 Å². The maximum atomic E-state index is 8.83. The fourth-order valence-corrected chi connectivity index (χ4v) is 3.33. The van der Waals surface area contributed by atoms with Crippen molar-refractivity contribution in [3.05, 3.63) is 0 Å². The summed E-state index contributed by atoms with van der Waals surface area (Å²) >= 11 is 0. The molecule has 0 atom stereocenters. The van der Waals surface area contributed by atoms with Crippen LogP contribution in [0.5, 0.6) is 0 Å². The summed E-state index contributed by atoms with van der Waals surface area (Å²) < 4.78 is 0. The van der Waals surface area contributed by atoms with E-state index in [-0.39, 0.29) is 0 Å².